The van der Waals surface area contributed by atoms with Crippen molar-refractivity contribution in [2.24, 2.45) is 23.2 Å². The zero-order chi connectivity index (χ0) is 17.7. The van der Waals surface area contributed by atoms with E-state index in [1.807, 2.05) is 17.0 Å². The van der Waals surface area contributed by atoms with Crippen LogP contribution in [-0.4, -0.2) is 66.0 Å². The van der Waals surface area contributed by atoms with E-state index in [0.29, 0.717) is 23.4 Å². The quantitative estimate of drug-likeness (QED) is 0.877. The van der Waals surface area contributed by atoms with Crippen molar-refractivity contribution in [1.29, 1.82) is 0 Å². The lowest BCUT2D eigenvalue weighted by Gasteiger charge is -2.33. The van der Waals surface area contributed by atoms with Gasteiger partial charge in [-0.1, -0.05) is 6.42 Å². The lowest BCUT2D eigenvalue weighted by atomic mass is 9.82. The number of rotatable bonds is 2. The minimum Gasteiger partial charge on any atom is -0.381 e. The predicted octanol–water partition coefficient (Wildman–Crippen LogP) is 1.75. The number of aromatic nitrogens is 1. The molecule has 5 rings (SSSR count). The maximum atomic E-state index is 13.1. The number of likely N-dealkylation sites (tertiary alicyclic amines) is 2. The highest BCUT2D eigenvalue weighted by Crippen LogP contribution is 2.52. The van der Waals surface area contributed by atoms with Crippen LogP contribution in [0.2, 0.25) is 0 Å². The van der Waals surface area contributed by atoms with Gasteiger partial charge >= 0.3 is 0 Å². The molecule has 4 aliphatic rings. The van der Waals surface area contributed by atoms with E-state index < -0.39 is 0 Å². The Kier molecular flexibility index (Phi) is 3.85. The Balaban J connectivity index is 1.28. The second kappa shape index (κ2) is 6.12. The summed E-state index contributed by atoms with van der Waals surface area (Å²) in [6, 6.07) is 3.70. The van der Waals surface area contributed by atoms with Crippen LogP contribution in [0.5, 0.6) is 0 Å². The molecule has 0 radical (unpaired) electrons. The summed E-state index contributed by atoms with van der Waals surface area (Å²) in [4.78, 5) is 32.9. The van der Waals surface area contributed by atoms with Gasteiger partial charge in [-0.25, -0.2) is 0 Å². The largest absolute Gasteiger partial charge is 0.381 e. The Morgan fingerprint density at radius 1 is 1.08 bits per heavy atom. The van der Waals surface area contributed by atoms with Gasteiger partial charge < -0.3 is 19.5 Å². The molecule has 0 aromatic carbocycles. The highest BCUT2D eigenvalue weighted by molar-refractivity contribution is 5.92. The molecule has 1 spiro atoms. The minimum absolute atomic E-state index is 0.0783. The molecule has 140 valence electrons. The Hall–Kier alpha value is -1.82. The Bertz CT molecular complexity index is 693. The van der Waals surface area contributed by atoms with Gasteiger partial charge in [-0.05, 0) is 43.2 Å². The molecule has 1 aromatic rings. The van der Waals surface area contributed by atoms with Crippen molar-refractivity contribution in [2.45, 2.75) is 25.7 Å². The molecule has 6 nitrogen and oxygen atoms in total. The maximum Gasteiger partial charge on any atom is 0.270 e. The maximum absolute atomic E-state index is 13.1. The SMILES string of the molecule is O=C(c1ccc[nH]1)N1CCC2(CCCCN(C(=O)C3[C@H]4COC[C@@H]34)C2)C1. The third kappa shape index (κ3) is 2.66. The van der Waals surface area contributed by atoms with Crippen molar-refractivity contribution in [3.8, 4) is 0 Å². The van der Waals surface area contributed by atoms with Gasteiger partial charge in [0.1, 0.15) is 5.69 Å². The third-order valence-corrected chi connectivity index (χ3v) is 7.01. The summed E-state index contributed by atoms with van der Waals surface area (Å²) in [6.45, 7) is 4.79. The van der Waals surface area contributed by atoms with Crippen molar-refractivity contribution < 1.29 is 14.3 Å². The fourth-order valence-corrected chi connectivity index (χ4v) is 5.45. The Morgan fingerprint density at radius 3 is 2.65 bits per heavy atom. The van der Waals surface area contributed by atoms with E-state index >= 15 is 0 Å². The van der Waals surface area contributed by atoms with Gasteiger partial charge in [-0.15, -0.1) is 0 Å². The summed E-state index contributed by atoms with van der Waals surface area (Å²) in [5.74, 6) is 1.58. The van der Waals surface area contributed by atoms with E-state index in [9.17, 15) is 9.59 Å². The van der Waals surface area contributed by atoms with Gasteiger partial charge in [-0.3, -0.25) is 9.59 Å². The first-order valence-corrected chi connectivity index (χ1v) is 9.96. The number of nitrogens with zero attached hydrogens (tertiary/aromatic N) is 2. The number of H-pyrrole nitrogens is 1. The standard InChI is InChI=1S/C20H27N3O3/c24-18(16-4-3-7-21-16)23-9-6-20(13-23)5-1-2-8-22(12-20)19(25)17-14-10-26-11-15(14)17/h3-4,7,14-15,17,21H,1-2,5-6,8-13H2/t14-,15+,17?,20?. The van der Waals surface area contributed by atoms with E-state index in [4.69, 9.17) is 4.74 Å². The van der Waals surface area contributed by atoms with E-state index in [1.54, 1.807) is 6.20 Å². The number of hydrogen-bond acceptors (Lipinski definition) is 3. The van der Waals surface area contributed by atoms with Crippen LogP contribution >= 0.6 is 0 Å². The van der Waals surface area contributed by atoms with Crippen LogP contribution < -0.4 is 0 Å². The van der Waals surface area contributed by atoms with Crippen molar-refractivity contribution in [1.82, 2.24) is 14.8 Å². The molecular weight excluding hydrogens is 330 g/mol. The van der Waals surface area contributed by atoms with Crippen LogP contribution in [0.25, 0.3) is 0 Å². The number of nitrogens with one attached hydrogen (secondary N) is 1. The van der Waals surface area contributed by atoms with E-state index in [1.165, 1.54) is 0 Å². The second-order valence-electron chi connectivity index (χ2n) is 8.67. The molecule has 3 saturated heterocycles. The molecule has 26 heavy (non-hydrogen) atoms. The summed E-state index contributed by atoms with van der Waals surface area (Å²) in [6.07, 6.45) is 6.14. The molecular formula is C20H27N3O3. The first-order valence-electron chi connectivity index (χ1n) is 9.96. The molecule has 3 aliphatic heterocycles. The number of amides is 2. The fourth-order valence-electron chi connectivity index (χ4n) is 5.45. The minimum atomic E-state index is 0.0783. The first kappa shape index (κ1) is 16.4. The second-order valence-corrected chi connectivity index (χ2v) is 8.67. The smallest absolute Gasteiger partial charge is 0.270 e. The monoisotopic (exact) mass is 357 g/mol. The van der Waals surface area contributed by atoms with Crippen LogP contribution in [0, 0.1) is 23.2 Å². The van der Waals surface area contributed by atoms with Gasteiger partial charge in [0, 0.05) is 43.7 Å². The van der Waals surface area contributed by atoms with Crippen LogP contribution in [-0.2, 0) is 9.53 Å². The Morgan fingerprint density at radius 2 is 1.88 bits per heavy atom. The molecule has 1 N–H and O–H groups in total. The number of carbonyl (C=O) groups is 2. The van der Waals surface area contributed by atoms with Crippen LogP contribution in [0.1, 0.15) is 36.2 Å². The van der Waals surface area contributed by atoms with Crippen LogP contribution in [0.15, 0.2) is 18.3 Å². The van der Waals surface area contributed by atoms with E-state index in [2.05, 4.69) is 9.88 Å². The summed E-state index contributed by atoms with van der Waals surface area (Å²) in [5, 5.41) is 0. The number of aromatic amines is 1. The number of fused-ring (bicyclic) bond motifs is 1. The molecule has 4 atom stereocenters. The molecule has 6 heteroatoms. The normalized spacial score (nSPS) is 36.2. The van der Waals surface area contributed by atoms with Crippen molar-refractivity contribution in [3.05, 3.63) is 24.0 Å². The molecule has 2 unspecified atom stereocenters. The van der Waals surface area contributed by atoms with E-state index in [0.717, 1.165) is 65.1 Å². The van der Waals surface area contributed by atoms with Crippen molar-refractivity contribution >= 4 is 11.8 Å². The summed E-state index contributed by atoms with van der Waals surface area (Å²) < 4.78 is 5.45. The van der Waals surface area contributed by atoms with Crippen LogP contribution in [0.3, 0.4) is 0 Å². The van der Waals surface area contributed by atoms with Gasteiger partial charge in [0.25, 0.3) is 5.91 Å². The zero-order valence-electron chi connectivity index (χ0n) is 15.2. The fraction of sp³-hybridized carbons (Fsp3) is 0.700. The summed E-state index contributed by atoms with van der Waals surface area (Å²) in [7, 11) is 0. The van der Waals surface area contributed by atoms with Gasteiger partial charge in [-0.2, -0.15) is 0 Å². The third-order valence-electron chi connectivity index (χ3n) is 7.01. The molecule has 1 aromatic heterocycles. The highest BCUT2D eigenvalue weighted by atomic mass is 16.5. The summed E-state index contributed by atoms with van der Waals surface area (Å²) in [5.41, 5.74) is 0.740. The molecule has 0 bridgehead atoms. The topological polar surface area (TPSA) is 65.6 Å². The van der Waals surface area contributed by atoms with Gasteiger partial charge in [0.05, 0.1) is 13.2 Å². The molecule has 2 amide bonds. The average Bonchev–Trinajstić information content (AvgIpc) is 3.10. The van der Waals surface area contributed by atoms with Crippen LogP contribution in [0.4, 0.5) is 0 Å². The number of carbonyl (C=O) groups excluding carboxylic acids is 2. The molecule has 4 heterocycles. The highest BCUT2D eigenvalue weighted by Gasteiger charge is 2.59. The predicted molar refractivity (Wildman–Crippen MR) is 95.5 cm³/mol. The van der Waals surface area contributed by atoms with Crippen molar-refractivity contribution in [3.63, 3.8) is 0 Å². The van der Waals surface area contributed by atoms with Gasteiger partial charge in [0.15, 0.2) is 0 Å². The summed E-state index contributed by atoms with van der Waals surface area (Å²) >= 11 is 0. The molecule has 1 aliphatic carbocycles. The molecule has 4 fully saturated rings. The zero-order valence-corrected chi connectivity index (χ0v) is 15.2. The van der Waals surface area contributed by atoms with Crippen molar-refractivity contribution in [2.75, 3.05) is 39.4 Å². The lowest BCUT2D eigenvalue weighted by Crippen LogP contribution is -2.43. The Labute approximate surface area is 153 Å². The van der Waals surface area contributed by atoms with Gasteiger partial charge in [0.2, 0.25) is 5.91 Å². The average molecular weight is 357 g/mol. The lowest BCUT2D eigenvalue weighted by molar-refractivity contribution is -0.135. The first-order chi connectivity index (χ1) is 12.7. The number of ether oxygens (including phenoxy) is 1. The van der Waals surface area contributed by atoms with E-state index in [-0.39, 0.29) is 17.2 Å². The number of hydrogen-bond donors (Lipinski definition) is 1. The molecule has 1 saturated carbocycles.